The van der Waals surface area contributed by atoms with E-state index in [1.807, 2.05) is 0 Å². The largest absolute Gasteiger partial charge is 2.00 e. The van der Waals surface area contributed by atoms with Gasteiger partial charge in [0.25, 0.3) is 0 Å². The zero-order valence-electron chi connectivity index (χ0n) is 20.9. The number of aliphatic carboxylic acids is 6. The van der Waals surface area contributed by atoms with Crippen molar-refractivity contribution in [2.24, 2.45) is 0 Å². The Morgan fingerprint density at radius 2 is 0.277 bits per heavy atom. The van der Waals surface area contributed by atoms with Crippen molar-refractivity contribution in [1.29, 1.82) is 0 Å². The van der Waals surface area contributed by atoms with E-state index in [1.165, 1.54) is 0 Å². The minimum Gasteiger partial charge on any atom is -2.00 e. The van der Waals surface area contributed by atoms with Crippen LogP contribution in [0.4, 0.5) is 79.0 Å². The Bertz CT molecular complexity index is 708. The average molecular weight is 956 g/mol. The molecule has 0 aromatic rings. The van der Waals surface area contributed by atoms with E-state index in [2.05, 4.69) is 0 Å². The van der Waals surface area contributed by atoms with E-state index in [9.17, 15) is 79.0 Å². The second kappa shape index (κ2) is 30.1. The molecule has 0 aliphatic rings. The molecule has 0 aromatic carbocycles. The van der Waals surface area contributed by atoms with Gasteiger partial charge in [0.2, 0.25) is 0 Å². The zero-order chi connectivity index (χ0) is 36.5. The molecule has 0 fully saturated rings. The minimum absolute atomic E-state index is 0. The number of carboxylic acids is 6. The Kier molecular flexibility index (Phi) is 48.3. The first-order valence-corrected chi connectivity index (χ1v) is 7.35. The molecule has 0 heterocycles. The maximum absolute atomic E-state index is 10.5. The average Bonchev–Trinajstić information content (AvgIpc) is 2.65. The second-order valence-corrected chi connectivity index (χ2v) is 4.71. The van der Waals surface area contributed by atoms with Crippen molar-refractivity contribution in [2.45, 2.75) is 37.1 Å². The van der Waals surface area contributed by atoms with E-state index in [4.69, 9.17) is 59.4 Å². The summed E-state index contributed by atoms with van der Waals surface area (Å²) in [4.78, 5) is 52.7. The van der Waals surface area contributed by atoms with Crippen LogP contribution < -0.4 is 30.6 Å². The molecule has 0 bridgehead atoms. The number of carbonyl (C=O) groups excluding carboxylic acids is 6. The molecule has 35 heteroatoms. The molecule has 0 saturated carbocycles. The Morgan fingerprint density at radius 1 is 0.255 bits per heavy atom. The van der Waals surface area contributed by atoms with Crippen LogP contribution in [0.3, 0.4) is 0 Å². The van der Waals surface area contributed by atoms with Crippen LogP contribution in [0.5, 0.6) is 0 Å². The molecule has 0 radical (unpaired) electrons. The number of hydrogen-bond donors (Lipinski definition) is 0. The quantitative estimate of drug-likeness (QED) is 0.165. The molecule has 13 nitrogen and oxygen atoms in total. The molecule has 0 atom stereocenters. The van der Waals surface area contributed by atoms with E-state index >= 15 is 0 Å². The van der Waals surface area contributed by atoms with Crippen LogP contribution >= 0.6 is 0 Å². The first-order valence-electron chi connectivity index (χ1n) is 7.35. The van der Waals surface area contributed by atoms with Gasteiger partial charge >= 0.3 is 115 Å². The zero-order valence-corrected chi connectivity index (χ0v) is 32.8. The molecule has 0 N–H and O–H groups in total. The summed E-state index contributed by atoms with van der Waals surface area (Å²) in [5.41, 5.74) is 0. The van der Waals surface area contributed by atoms with Gasteiger partial charge < -0.3 is 64.9 Å². The summed E-state index contributed by atoms with van der Waals surface area (Å²) in [7, 11) is 0. The van der Waals surface area contributed by atoms with Gasteiger partial charge in [0.05, 0.1) is 0 Å². The number of hydrogen-bond acceptors (Lipinski definition) is 12. The van der Waals surface area contributed by atoms with E-state index in [0.717, 1.165) is 0 Å². The summed E-state index contributed by atoms with van der Waals surface area (Å²) < 4.78 is 189. The maximum Gasteiger partial charge on any atom is 2.00 e. The third kappa shape index (κ3) is 67.2. The fraction of sp³-hybridized carbons (Fsp3) is 0.500. The van der Waals surface area contributed by atoms with Crippen molar-refractivity contribution in [3.63, 3.8) is 0 Å². The smallest absolute Gasteiger partial charge is 2.00 e. The van der Waals surface area contributed by atoms with Gasteiger partial charge in [-0.25, -0.2) is 0 Å². The number of alkyl halides is 18. The van der Waals surface area contributed by atoms with Crippen LogP contribution in [0.1, 0.15) is 0 Å². The fourth-order valence-electron chi connectivity index (χ4n) is 0. The van der Waals surface area contributed by atoms with Crippen molar-refractivity contribution in [3.8, 4) is 0 Å². The molecule has 0 spiro atoms. The van der Waals surface area contributed by atoms with E-state index in [-0.39, 0.29) is 83.4 Å². The van der Waals surface area contributed by atoms with Crippen LogP contribution in [0, 0.1) is 0 Å². The molecule has 0 aliphatic carbocycles. The Hall–Kier alpha value is -1.99. The summed E-state index contributed by atoms with van der Waals surface area (Å²) in [6, 6.07) is 0. The summed E-state index contributed by atoms with van der Waals surface area (Å²) in [5.74, 6) is -18.0. The first kappa shape index (κ1) is 75.4. The molecule has 0 saturated heterocycles. The summed E-state index contributed by atoms with van der Waals surface area (Å²) in [6.45, 7) is 0. The Balaban J connectivity index is -0.0000000360. The van der Waals surface area contributed by atoms with Crippen molar-refractivity contribution < 1.29 is 222 Å². The van der Waals surface area contributed by atoms with Crippen molar-refractivity contribution in [3.05, 3.63) is 0 Å². The van der Waals surface area contributed by atoms with Crippen LogP contribution in [0.2, 0.25) is 0 Å². The third-order valence-electron chi connectivity index (χ3n) is 1.39. The second-order valence-electron chi connectivity index (χ2n) is 4.71. The van der Waals surface area contributed by atoms with E-state index in [0.29, 0.717) is 0 Å². The summed E-state index contributed by atoms with van der Waals surface area (Å²) in [5, 5.41) is 52.7. The number of rotatable bonds is 0. The standard InChI is InChI=1S/6C2HF3O2.O.4Zn/c6*3-2(4,5)1(6)7;;;;;/h6*(H,6,7);;;;;/q;;;;;;-2;4*+2/p-6. The van der Waals surface area contributed by atoms with E-state index < -0.39 is 72.9 Å². The van der Waals surface area contributed by atoms with Gasteiger partial charge in [-0.15, -0.1) is 0 Å². The van der Waals surface area contributed by atoms with Crippen LogP contribution in [0.25, 0.3) is 0 Å². The molecule has 260 valence electrons. The number of halogens is 18. The normalized spacial score (nSPS) is 10.1. The molecule has 47 heavy (non-hydrogen) atoms. The number of carboxylic acid groups (broad SMARTS) is 6. The molecule has 0 unspecified atom stereocenters. The fourth-order valence-corrected chi connectivity index (χ4v) is 0. The van der Waals surface area contributed by atoms with Crippen LogP contribution in [0.15, 0.2) is 0 Å². The molecule has 0 aromatic heterocycles. The molecular formula is C12F18O13Zn4. The predicted molar refractivity (Wildman–Crippen MR) is 67.1 cm³/mol. The Labute approximate surface area is 294 Å². The summed E-state index contributed by atoms with van der Waals surface area (Å²) in [6.07, 6.45) is -31.2. The van der Waals surface area contributed by atoms with Gasteiger partial charge in [0.15, 0.2) is 0 Å². The van der Waals surface area contributed by atoms with Gasteiger partial charge in [0.1, 0.15) is 35.8 Å². The SMILES string of the molecule is O=C([O-])C(F)(F)F.O=C([O-])C(F)(F)F.O=C([O-])C(F)(F)F.O=C([O-])C(F)(F)F.O=C([O-])C(F)(F)F.O=C([O-])C(F)(F)F.[O-2].[Zn+2].[Zn+2].[Zn+2].[Zn+2]. The van der Waals surface area contributed by atoms with Gasteiger partial charge in [-0.2, -0.15) is 79.0 Å². The molecule has 0 rings (SSSR count). The van der Waals surface area contributed by atoms with Crippen LogP contribution in [-0.4, -0.2) is 72.9 Å². The maximum atomic E-state index is 10.5. The van der Waals surface area contributed by atoms with Gasteiger partial charge in [-0.05, 0) is 0 Å². The third-order valence-corrected chi connectivity index (χ3v) is 1.39. The first-order chi connectivity index (χ1) is 17.7. The van der Waals surface area contributed by atoms with Gasteiger partial charge in [-0.1, -0.05) is 0 Å². The van der Waals surface area contributed by atoms with E-state index in [1.54, 1.807) is 0 Å². The monoisotopic (exact) mass is 950 g/mol. The topological polar surface area (TPSA) is 269 Å². The van der Waals surface area contributed by atoms with Crippen molar-refractivity contribution in [1.82, 2.24) is 0 Å². The van der Waals surface area contributed by atoms with Crippen molar-refractivity contribution >= 4 is 35.8 Å². The minimum atomic E-state index is -5.19. The number of carbonyl (C=O) groups is 6. The van der Waals surface area contributed by atoms with Gasteiger partial charge in [0, 0.05) is 0 Å². The van der Waals surface area contributed by atoms with Crippen molar-refractivity contribution in [2.75, 3.05) is 0 Å². The molecular weight excluding hydrogens is 956 g/mol. The van der Waals surface area contributed by atoms with Crippen LogP contribution in [-0.2, 0) is 112 Å². The molecule has 0 amide bonds. The van der Waals surface area contributed by atoms with Gasteiger partial charge in [-0.3, -0.25) is 0 Å². The predicted octanol–water partition coefficient (Wildman–Crippen LogP) is -4.34. The molecule has 0 aliphatic heterocycles. The Morgan fingerprint density at radius 3 is 0.277 bits per heavy atom. The summed E-state index contributed by atoms with van der Waals surface area (Å²) >= 11 is 0.